The summed E-state index contributed by atoms with van der Waals surface area (Å²) in [5, 5.41) is 6.10. The molecule has 2 amide bonds. The maximum Gasteiger partial charge on any atom is 0.227 e. The van der Waals surface area contributed by atoms with Gasteiger partial charge in [-0.1, -0.05) is 24.3 Å². The Labute approximate surface area is 172 Å². The molecule has 0 bridgehead atoms. The van der Waals surface area contributed by atoms with Crippen LogP contribution in [0.15, 0.2) is 36.4 Å². The van der Waals surface area contributed by atoms with E-state index in [9.17, 15) is 9.59 Å². The number of anilines is 2. The number of nitrogens with one attached hydrogen (secondary N) is 2. The van der Waals surface area contributed by atoms with Crippen molar-refractivity contribution >= 4 is 23.2 Å². The van der Waals surface area contributed by atoms with Crippen molar-refractivity contribution in [1.82, 2.24) is 0 Å². The first-order chi connectivity index (χ1) is 13.9. The molecule has 2 aromatic carbocycles. The Morgan fingerprint density at radius 2 is 1.41 bits per heavy atom. The number of aryl methyl sites for hydroxylation is 3. The number of para-hydroxylation sites is 1. The predicted octanol–water partition coefficient (Wildman–Crippen LogP) is 5.00. The molecule has 0 radical (unpaired) electrons. The van der Waals surface area contributed by atoms with Crippen LogP contribution in [-0.2, 0) is 9.59 Å². The van der Waals surface area contributed by atoms with Crippen LogP contribution < -0.4 is 15.4 Å². The number of hydrogen-bond acceptors (Lipinski definition) is 3. The second kappa shape index (κ2) is 9.12. The molecule has 2 N–H and O–H groups in total. The quantitative estimate of drug-likeness (QED) is 0.749. The summed E-state index contributed by atoms with van der Waals surface area (Å²) >= 11 is 0. The number of rotatable bonds is 5. The van der Waals surface area contributed by atoms with E-state index in [1.165, 1.54) is 0 Å². The van der Waals surface area contributed by atoms with E-state index in [0.29, 0.717) is 24.3 Å². The molecular weight excluding hydrogens is 364 g/mol. The van der Waals surface area contributed by atoms with E-state index in [2.05, 4.69) is 10.6 Å². The molecule has 1 aliphatic rings. The highest BCUT2D eigenvalue weighted by Gasteiger charge is 2.30. The topological polar surface area (TPSA) is 67.4 Å². The monoisotopic (exact) mass is 394 g/mol. The number of carbonyl (C=O) groups excluding carboxylic acids is 2. The zero-order valence-electron chi connectivity index (χ0n) is 17.7. The average Bonchev–Trinajstić information content (AvgIpc) is 2.71. The molecule has 1 aliphatic carbocycles. The van der Waals surface area contributed by atoms with Gasteiger partial charge < -0.3 is 15.4 Å². The van der Waals surface area contributed by atoms with E-state index < -0.39 is 0 Å². The fraction of sp³-hybridized carbons (Fsp3) is 0.417. The molecule has 5 heteroatoms. The third kappa shape index (κ3) is 4.97. The Bertz CT molecular complexity index is 879. The Morgan fingerprint density at radius 3 is 1.97 bits per heavy atom. The lowest BCUT2D eigenvalue weighted by atomic mass is 9.81. The Morgan fingerprint density at radius 1 is 0.862 bits per heavy atom. The molecule has 29 heavy (non-hydrogen) atoms. The van der Waals surface area contributed by atoms with Crippen molar-refractivity contribution in [3.8, 4) is 5.75 Å². The lowest BCUT2D eigenvalue weighted by molar-refractivity contribution is -0.125. The molecule has 3 rings (SSSR count). The Balaban J connectivity index is 1.57. The number of ether oxygens (including phenoxy) is 1. The number of carbonyl (C=O) groups is 2. The molecule has 0 atom stereocenters. The molecule has 1 fully saturated rings. The summed E-state index contributed by atoms with van der Waals surface area (Å²) in [5.41, 5.74) is 4.81. The van der Waals surface area contributed by atoms with Crippen molar-refractivity contribution in [3.63, 3.8) is 0 Å². The van der Waals surface area contributed by atoms with Gasteiger partial charge in [0.25, 0.3) is 0 Å². The van der Waals surface area contributed by atoms with Gasteiger partial charge in [-0.2, -0.15) is 0 Å². The summed E-state index contributed by atoms with van der Waals surface area (Å²) in [6.07, 6.45) is 2.87. The first-order valence-corrected chi connectivity index (χ1v) is 10.2. The van der Waals surface area contributed by atoms with Crippen molar-refractivity contribution in [3.05, 3.63) is 53.1 Å². The van der Waals surface area contributed by atoms with Crippen molar-refractivity contribution in [2.75, 3.05) is 17.7 Å². The van der Waals surface area contributed by atoms with E-state index in [-0.39, 0.29) is 23.7 Å². The van der Waals surface area contributed by atoms with Gasteiger partial charge in [0, 0.05) is 17.5 Å². The SMILES string of the molecule is COc1ccc(C)cc1NC(=O)C1CCC(C(=O)Nc2c(C)cccc2C)CC1. The largest absolute Gasteiger partial charge is 0.495 e. The van der Waals surface area contributed by atoms with Crippen LogP contribution in [0.2, 0.25) is 0 Å². The van der Waals surface area contributed by atoms with Crippen LogP contribution in [0.25, 0.3) is 0 Å². The molecule has 0 saturated heterocycles. The summed E-state index contributed by atoms with van der Waals surface area (Å²) in [7, 11) is 1.60. The van der Waals surface area contributed by atoms with Crippen LogP contribution in [0.5, 0.6) is 5.75 Å². The normalized spacial score (nSPS) is 18.8. The van der Waals surface area contributed by atoms with Gasteiger partial charge in [0.1, 0.15) is 5.75 Å². The van der Waals surface area contributed by atoms with Crippen molar-refractivity contribution < 1.29 is 14.3 Å². The third-order valence-electron chi connectivity index (χ3n) is 5.81. The van der Waals surface area contributed by atoms with Crippen molar-refractivity contribution in [2.45, 2.75) is 46.5 Å². The average molecular weight is 395 g/mol. The number of amides is 2. The lowest BCUT2D eigenvalue weighted by Crippen LogP contribution is -2.32. The molecule has 1 saturated carbocycles. The van der Waals surface area contributed by atoms with Crippen LogP contribution >= 0.6 is 0 Å². The fourth-order valence-electron chi connectivity index (χ4n) is 4.01. The van der Waals surface area contributed by atoms with Crippen molar-refractivity contribution in [2.24, 2.45) is 11.8 Å². The van der Waals surface area contributed by atoms with Gasteiger partial charge in [-0.15, -0.1) is 0 Å². The molecule has 0 heterocycles. The standard InChI is InChI=1S/C24H30N2O3/c1-15-8-13-21(29-4)20(14-15)25-23(27)18-9-11-19(12-10-18)24(28)26-22-16(2)6-5-7-17(22)3/h5-8,13-14,18-19H,9-12H2,1-4H3,(H,25,27)(H,26,28). The Hall–Kier alpha value is -2.82. The lowest BCUT2D eigenvalue weighted by Gasteiger charge is -2.27. The number of methoxy groups -OCH3 is 1. The van der Waals surface area contributed by atoms with Gasteiger partial charge in [0.2, 0.25) is 11.8 Å². The van der Waals surface area contributed by atoms with Gasteiger partial charge in [0.15, 0.2) is 0 Å². The molecule has 2 aromatic rings. The van der Waals surface area contributed by atoms with E-state index in [0.717, 1.165) is 35.2 Å². The van der Waals surface area contributed by atoms with Crippen LogP contribution in [0.1, 0.15) is 42.4 Å². The first kappa shape index (κ1) is 20.9. The molecule has 0 aromatic heterocycles. The summed E-state index contributed by atoms with van der Waals surface area (Å²) in [6.45, 7) is 5.99. The highest BCUT2D eigenvalue weighted by atomic mass is 16.5. The van der Waals surface area contributed by atoms with Gasteiger partial charge in [-0.25, -0.2) is 0 Å². The molecule has 5 nitrogen and oxygen atoms in total. The third-order valence-corrected chi connectivity index (χ3v) is 5.81. The minimum Gasteiger partial charge on any atom is -0.495 e. The molecule has 0 unspecified atom stereocenters. The minimum absolute atomic E-state index is 0.00232. The minimum atomic E-state index is -0.0792. The summed E-state index contributed by atoms with van der Waals surface area (Å²) in [4.78, 5) is 25.5. The van der Waals surface area contributed by atoms with E-state index in [1.54, 1.807) is 7.11 Å². The second-order valence-electron chi connectivity index (χ2n) is 8.00. The van der Waals surface area contributed by atoms with Gasteiger partial charge in [-0.05, 0) is 75.3 Å². The van der Waals surface area contributed by atoms with Gasteiger partial charge in [-0.3, -0.25) is 9.59 Å². The maximum absolute atomic E-state index is 12.7. The maximum atomic E-state index is 12.7. The van der Waals surface area contributed by atoms with Crippen LogP contribution in [0, 0.1) is 32.6 Å². The molecule has 154 valence electrons. The van der Waals surface area contributed by atoms with Crippen LogP contribution in [0.4, 0.5) is 11.4 Å². The van der Waals surface area contributed by atoms with E-state index in [1.807, 2.05) is 57.2 Å². The Kier molecular flexibility index (Phi) is 6.57. The van der Waals surface area contributed by atoms with E-state index >= 15 is 0 Å². The summed E-state index contributed by atoms with van der Waals surface area (Å²) < 4.78 is 5.35. The van der Waals surface area contributed by atoms with Crippen molar-refractivity contribution in [1.29, 1.82) is 0 Å². The fourth-order valence-corrected chi connectivity index (χ4v) is 4.01. The smallest absolute Gasteiger partial charge is 0.227 e. The zero-order valence-corrected chi connectivity index (χ0v) is 17.7. The zero-order chi connectivity index (χ0) is 21.0. The highest BCUT2D eigenvalue weighted by molar-refractivity contribution is 5.96. The molecule has 0 spiro atoms. The summed E-state index contributed by atoms with van der Waals surface area (Å²) in [5.74, 6) is 0.589. The first-order valence-electron chi connectivity index (χ1n) is 10.2. The second-order valence-corrected chi connectivity index (χ2v) is 8.00. The number of hydrogen-bond donors (Lipinski definition) is 2. The predicted molar refractivity (Wildman–Crippen MR) is 116 cm³/mol. The summed E-state index contributed by atoms with van der Waals surface area (Å²) in [6, 6.07) is 11.7. The molecular formula is C24H30N2O3. The number of benzene rings is 2. The highest BCUT2D eigenvalue weighted by Crippen LogP contribution is 2.33. The van der Waals surface area contributed by atoms with Gasteiger partial charge in [0.05, 0.1) is 12.8 Å². The van der Waals surface area contributed by atoms with Gasteiger partial charge >= 0.3 is 0 Å². The van der Waals surface area contributed by atoms with Crippen LogP contribution in [-0.4, -0.2) is 18.9 Å². The van der Waals surface area contributed by atoms with Crippen LogP contribution in [0.3, 0.4) is 0 Å². The van der Waals surface area contributed by atoms with E-state index in [4.69, 9.17) is 4.74 Å². The molecule has 0 aliphatic heterocycles.